The number of thiazole rings is 1. The van der Waals surface area contributed by atoms with Gasteiger partial charge < -0.3 is 4.42 Å². The van der Waals surface area contributed by atoms with Crippen molar-refractivity contribution in [3.05, 3.63) is 84.1 Å². The molecule has 0 bridgehead atoms. The van der Waals surface area contributed by atoms with Gasteiger partial charge in [0.05, 0.1) is 10.6 Å². The number of sulfone groups is 1. The Morgan fingerprint density at radius 1 is 1.09 bits per heavy atom. The van der Waals surface area contributed by atoms with Crippen molar-refractivity contribution in [2.75, 3.05) is 17.7 Å². The molecule has 2 aromatic carbocycles. The van der Waals surface area contributed by atoms with Crippen molar-refractivity contribution in [2.24, 2.45) is 0 Å². The molecule has 9 heteroatoms. The summed E-state index contributed by atoms with van der Waals surface area (Å²) in [5.41, 5.74) is 2.38. The van der Waals surface area contributed by atoms with E-state index in [-0.39, 0.29) is 23.0 Å². The van der Waals surface area contributed by atoms with Gasteiger partial charge in [-0.15, -0.1) is 17.9 Å². The van der Waals surface area contributed by atoms with E-state index >= 15 is 0 Å². The molecule has 0 atom stereocenters. The Hall–Kier alpha value is -3.56. The van der Waals surface area contributed by atoms with E-state index < -0.39 is 9.84 Å². The Morgan fingerprint density at radius 3 is 2.42 bits per heavy atom. The molecule has 2 aromatic heterocycles. The molecule has 33 heavy (non-hydrogen) atoms. The highest BCUT2D eigenvalue weighted by Gasteiger charge is 2.26. The highest BCUT2D eigenvalue weighted by molar-refractivity contribution is 7.90. The molecule has 0 aliphatic rings. The number of oxazole rings is 1. The number of carbonyl (C=O) groups excluding carboxylic acids is 1. The van der Waals surface area contributed by atoms with Gasteiger partial charge in [0.15, 0.2) is 20.7 Å². The summed E-state index contributed by atoms with van der Waals surface area (Å²) in [6.07, 6.45) is 2.78. The van der Waals surface area contributed by atoms with Crippen LogP contribution in [0.15, 0.2) is 81.9 Å². The smallest absolute Gasteiger partial charge is 0.282 e. The lowest BCUT2D eigenvalue weighted by Gasteiger charge is -2.16. The first-order valence-electron chi connectivity index (χ1n) is 9.99. The van der Waals surface area contributed by atoms with E-state index in [4.69, 9.17) is 4.42 Å². The average Bonchev–Trinajstić information content (AvgIpc) is 3.44. The van der Waals surface area contributed by atoms with Gasteiger partial charge in [0, 0.05) is 29.3 Å². The maximum atomic E-state index is 13.4. The van der Waals surface area contributed by atoms with Gasteiger partial charge in [0.25, 0.3) is 5.91 Å². The third-order valence-electron chi connectivity index (χ3n) is 4.88. The van der Waals surface area contributed by atoms with Gasteiger partial charge in [0.1, 0.15) is 5.76 Å². The molecular weight excluding hydrogens is 458 g/mol. The number of benzene rings is 2. The second-order valence-corrected chi connectivity index (χ2v) is 10.2. The van der Waals surface area contributed by atoms with Crippen molar-refractivity contribution < 1.29 is 17.6 Å². The maximum Gasteiger partial charge on any atom is 0.282 e. The lowest BCUT2D eigenvalue weighted by atomic mass is 10.2. The molecule has 0 spiro atoms. The average molecular weight is 480 g/mol. The molecule has 2 heterocycles. The van der Waals surface area contributed by atoms with Crippen LogP contribution in [0.5, 0.6) is 0 Å². The Bertz CT molecular complexity index is 1410. The summed E-state index contributed by atoms with van der Waals surface area (Å²) in [6, 6.07) is 15.9. The van der Waals surface area contributed by atoms with E-state index in [9.17, 15) is 13.2 Å². The van der Waals surface area contributed by atoms with Gasteiger partial charge in [-0.3, -0.25) is 9.69 Å². The highest BCUT2D eigenvalue weighted by atomic mass is 32.2. The van der Waals surface area contributed by atoms with Crippen LogP contribution in [0, 0.1) is 6.92 Å². The first-order valence-corrected chi connectivity index (χ1v) is 12.8. The molecule has 4 rings (SSSR count). The number of carbonyl (C=O) groups is 1. The fraction of sp³-hybridized carbons (Fsp3) is 0.125. The zero-order valence-electron chi connectivity index (χ0n) is 18.1. The molecular formula is C24H21N3O4S2. The van der Waals surface area contributed by atoms with E-state index in [0.717, 1.165) is 17.4 Å². The summed E-state index contributed by atoms with van der Waals surface area (Å²) in [7, 11) is -3.28. The minimum atomic E-state index is -3.28. The van der Waals surface area contributed by atoms with E-state index in [1.807, 2.05) is 35.7 Å². The molecule has 0 unspecified atom stereocenters. The third-order valence-corrected chi connectivity index (χ3v) is 6.87. The summed E-state index contributed by atoms with van der Waals surface area (Å²) in [4.78, 5) is 24.1. The standard InChI is InChI=1S/C24H21N3O4S2/c1-4-14-27(23(28)21-16(2)31-22(26-21)18-8-6-5-7-9-18)24-25-20(15-32-24)17-10-12-19(13-11-17)33(3,29)30/h4-13,15H,1,14H2,2-3H3. The molecule has 0 aliphatic heterocycles. The van der Waals surface area contributed by atoms with Crippen LogP contribution in [0.1, 0.15) is 16.2 Å². The predicted octanol–water partition coefficient (Wildman–Crippen LogP) is 5.01. The lowest BCUT2D eigenvalue weighted by molar-refractivity contribution is 0.0984. The quantitative estimate of drug-likeness (QED) is 0.346. The minimum absolute atomic E-state index is 0.213. The van der Waals surface area contributed by atoms with Crippen molar-refractivity contribution >= 4 is 32.2 Å². The summed E-state index contributed by atoms with van der Waals surface area (Å²) >= 11 is 1.30. The Labute approximate surface area is 196 Å². The number of aromatic nitrogens is 2. The van der Waals surface area contributed by atoms with Crippen molar-refractivity contribution in [1.82, 2.24) is 9.97 Å². The molecule has 0 aliphatic carbocycles. The molecule has 7 nitrogen and oxygen atoms in total. The predicted molar refractivity (Wildman–Crippen MR) is 129 cm³/mol. The lowest BCUT2D eigenvalue weighted by Crippen LogP contribution is -2.31. The van der Waals surface area contributed by atoms with E-state index in [1.165, 1.54) is 16.2 Å². The van der Waals surface area contributed by atoms with Crippen molar-refractivity contribution in [2.45, 2.75) is 11.8 Å². The number of hydrogen-bond acceptors (Lipinski definition) is 7. The number of aryl methyl sites for hydroxylation is 1. The van der Waals surface area contributed by atoms with Crippen LogP contribution >= 0.6 is 11.3 Å². The number of amides is 1. The molecule has 0 radical (unpaired) electrons. The number of hydrogen-bond donors (Lipinski definition) is 0. The molecule has 4 aromatic rings. The highest BCUT2D eigenvalue weighted by Crippen LogP contribution is 2.30. The topological polar surface area (TPSA) is 93.4 Å². The van der Waals surface area contributed by atoms with Gasteiger partial charge in [0.2, 0.25) is 5.89 Å². The molecule has 168 valence electrons. The molecule has 0 saturated heterocycles. The van der Waals surface area contributed by atoms with Crippen LogP contribution in [0.3, 0.4) is 0 Å². The minimum Gasteiger partial charge on any atom is -0.441 e. The number of anilines is 1. The van der Waals surface area contributed by atoms with Crippen molar-refractivity contribution in [3.63, 3.8) is 0 Å². The van der Waals surface area contributed by atoms with Crippen LogP contribution in [0.4, 0.5) is 5.13 Å². The van der Waals surface area contributed by atoms with Crippen LogP contribution in [-0.4, -0.2) is 37.1 Å². The summed E-state index contributed by atoms with van der Waals surface area (Å²) in [5, 5.41) is 2.30. The zero-order valence-corrected chi connectivity index (χ0v) is 19.7. The van der Waals surface area contributed by atoms with Gasteiger partial charge in [-0.25, -0.2) is 18.4 Å². The third kappa shape index (κ3) is 4.79. The molecule has 0 N–H and O–H groups in total. The van der Waals surface area contributed by atoms with E-state index in [1.54, 1.807) is 37.3 Å². The molecule has 0 fully saturated rings. The van der Waals surface area contributed by atoms with Crippen LogP contribution in [0.25, 0.3) is 22.7 Å². The van der Waals surface area contributed by atoms with E-state index in [2.05, 4.69) is 16.5 Å². The van der Waals surface area contributed by atoms with Crippen LogP contribution < -0.4 is 4.90 Å². The SMILES string of the molecule is C=CCN(C(=O)c1nc(-c2ccccc2)oc1C)c1nc(-c2ccc(S(C)(=O)=O)cc2)cs1. The number of nitrogens with zero attached hydrogens (tertiary/aromatic N) is 3. The fourth-order valence-electron chi connectivity index (χ4n) is 3.20. The van der Waals surface area contributed by atoms with Gasteiger partial charge in [-0.05, 0) is 31.2 Å². The second kappa shape index (κ2) is 9.13. The Morgan fingerprint density at radius 2 is 1.79 bits per heavy atom. The largest absolute Gasteiger partial charge is 0.441 e. The zero-order chi connectivity index (χ0) is 23.6. The van der Waals surface area contributed by atoms with Crippen LogP contribution in [-0.2, 0) is 9.84 Å². The molecule has 0 saturated carbocycles. The van der Waals surface area contributed by atoms with Gasteiger partial charge in [-0.1, -0.05) is 36.4 Å². The summed E-state index contributed by atoms with van der Waals surface area (Å²) < 4.78 is 29.1. The number of rotatable bonds is 7. The first-order chi connectivity index (χ1) is 15.8. The van der Waals surface area contributed by atoms with Gasteiger partial charge in [-0.2, -0.15) is 0 Å². The van der Waals surface area contributed by atoms with Crippen molar-refractivity contribution in [1.29, 1.82) is 0 Å². The normalized spacial score (nSPS) is 11.3. The fourth-order valence-corrected chi connectivity index (χ4v) is 4.67. The molecule has 1 amide bonds. The van der Waals surface area contributed by atoms with Crippen molar-refractivity contribution in [3.8, 4) is 22.7 Å². The van der Waals surface area contributed by atoms with E-state index in [0.29, 0.717) is 22.5 Å². The van der Waals surface area contributed by atoms with Crippen LogP contribution in [0.2, 0.25) is 0 Å². The Kier molecular flexibility index (Phi) is 6.26. The Balaban J connectivity index is 1.63. The first kappa shape index (κ1) is 22.6. The van der Waals surface area contributed by atoms with Gasteiger partial charge >= 0.3 is 0 Å². The summed E-state index contributed by atoms with van der Waals surface area (Å²) in [6.45, 7) is 5.70. The second-order valence-electron chi connectivity index (χ2n) is 7.31. The monoisotopic (exact) mass is 479 g/mol. The maximum absolute atomic E-state index is 13.4. The summed E-state index contributed by atoms with van der Waals surface area (Å²) in [5.74, 6) is 0.452.